The Bertz CT molecular complexity index is 769. The Hall–Kier alpha value is -2.73. The molecule has 3 rings (SSSR count). The van der Waals surface area contributed by atoms with E-state index in [1.165, 1.54) is 11.3 Å². The Labute approximate surface area is 138 Å². The predicted octanol–water partition coefficient (Wildman–Crippen LogP) is 3.86. The smallest absolute Gasteiger partial charge is 0.265 e. The van der Waals surface area contributed by atoms with Gasteiger partial charge in [-0.3, -0.25) is 4.79 Å². The third-order valence-corrected chi connectivity index (χ3v) is 3.98. The largest absolute Gasteiger partial charge is 0.477 e. The second-order valence-electron chi connectivity index (χ2n) is 4.70. The van der Waals surface area contributed by atoms with Crippen LogP contribution in [-0.4, -0.2) is 22.7 Å². The molecule has 6 heteroatoms. The number of amides is 1. The molecular weight excluding hydrogens is 310 g/mol. The van der Waals surface area contributed by atoms with Crippen LogP contribution in [0.15, 0.2) is 53.9 Å². The average molecular weight is 325 g/mol. The molecule has 1 N–H and O–H groups in total. The molecule has 0 aliphatic rings. The number of hydrogen-bond donors (Lipinski definition) is 1. The molecule has 23 heavy (non-hydrogen) atoms. The summed E-state index contributed by atoms with van der Waals surface area (Å²) >= 11 is 1.41. The molecule has 5 nitrogen and oxygen atoms in total. The molecule has 2 aromatic heterocycles. The first-order valence-corrected chi connectivity index (χ1v) is 8.06. The second-order valence-corrected chi connectivity index (χ2v) is 5.65. The van der Waals surface area contributed by atoms with Crippen molar-refractivity contribution < 1.29 is 9.53 Å². The maximum Gasteiger partial charge on any atom is 0.265 e. The first-order chi connectivity index (χ1) is 11.3. The SMILES string of the molecule is CCOc1ccc(-c2ccc(NC(=O)c3cccs3)cc2)nn1. The van der Waals surface area contributed by atoms with Gasteiger partial charge in [-0.25, -0.2) is 0 Å². The minimum absolute atomic E-state index is 0.103. The zero-order valence-corrected chi connectivity index (χ0v) is 13.3. The summed E-state index contributed by atoms with van der Waals surface area (Å²) in [7, 11) is 0. The molecule has 0 spiro atoms. The van der Waals surface area contributed by atoms with Gasteiger partial charge in [0.15, 0.2) is 0 Å². The molecule has 116 valence electrons. The molecular formula is C17H15N3O2S. The van der Waals surface area contributed by atoms with Crippen molar-refractivity contribution in [2.45, 2.75) is 6.92 Å². The lowest BCUT2D eigenvalue weighted by molar-refractivity contribution is 0.103. The van der Waals surface area contributed by atoms with Crippen molar-refractivity contribution in [3.63, 3.8) is 0 Å². The lowest BCUT2D eigenvalue weighted by Crippen LogP contribution is -2.09. The van der Waals surface area contributed by atoms with Crippen molar-refractivity contribution in [3.05, 3.63) is 58.8 Å². The standard InChI is InChI=1S/C17H15N3O2S/c1-2-22-16-10-9-14(19-20-16)12-5-7-13(8-6-12)18-17(21)15-4-3-11-23-15/h3-11H,2H2,1H3,(H,18,21). The number of nitrogens with zero attached hydrogens (tertiary/aromatic N) is 2. The Kier molecular flexibility index (Phi) is 4.63. The van der Waals surface area contributed by atoms with Gasteiger partial charge in [0.1, 0.15) is 0 Å². The number of thiophene rings is 1. The third-order valence-electron chi connectivity index (χ3n) is 3.12. The number of rotatable bonds is 5. The fourth-order valence-corrected chi connectivity index (χ4v) is 2.64. The summed E-state index contributed by atoms with van der Waals surface area (Å²) in [6.45, 7) is 2.46. The van der Waals surface area contributed by atoms with Crippen LogP contribution in [0.1, 0.15) is 16.6 Å². The number of hydrogen-bond acceptors (Lipinski definition) is 5. The summed E-state index contributed by atoms with van der Waals surface area (Å²) in [5, 5.41) is 12.9. The first kappa shape index (κ1) is 15.2. The fourth-order valence-electron chi connectivity index (χ4n) is 2.02. The summed E-state index contributed by atoms with van der Waals surface area (Å²) in [5.41, 5.74) is 2.42. The number of carbonyl (C=O) groups excluding carboxylic acids is 1. The topological polar surface area (TPSA) is 64.1 Å². The Morgan fingerprint density at radius 1 is 1.13 bits per heavy atom. The van der Waals surface area contributed by atoms with E-state index in [-0.39, 0.29) is 5.91 Å². The van der Waals surface area contributed by atoms with E-state index in [4.69, 9.17) is 4.74 Å². The molecule has 3 aromatic rings. The molecule has 0 aliphatic carbocycles. The van der Waals surface area contributed by atoms with Crippen LogP contribution in [0, 0.1) is 0 Å². The number of aromatic nitrogens is 2. The minimum Gasteiger partial charge on any atom is -0.477 e. The van der Waals surface area contributed by atoms with Gasteiger partial charge in [0, 0.05) is 17.3 Å². The summed E-state index contributed by atoms with van der Waals surface area (Å²) in [4.78, 5) is 12.7. The van der Waals surface area contributed by atoms with Gasteiger partial charge < -0.3 is 10.1 Å². The number of nitrogens with one attached hydrogen (secondary N) is 1. The normalized spacial score (nSPS) is 10.3. The molecule has 0 aliphatic heterocycles. The van der Waals surface area contributed by atoms with Crippen molar-refractivity contribution in [2.24, 2.45) is 0 Å². The highest BCUT2D eigenvalue weighted by Gasteiger charge is 2.07. The van der Waals surface area contributed by atoms with Gasteiger partial charge in [-0.15, -0.1) is 21.5 Å². The maximum absolute atomic E-state index is 12.0. The number of carbonyl (C=O) groups is 1. The van der Waals surface area contributed by atoms with Gasteiger partial charge in [0.25, 0.3) is 5.91 Å². The zero-order chi connectivity index (χ0) is 16.1. The molecule has 0 atom stereocenters. The van der Waals surface area contributed by atoms with Crippen LogP contribution in [0.5, 0.6) is 5.88 Å². The Balaban J connectivity index is 1.70. The van der Waals surface area contributed by atoms with Crippen LogP contribution in [0.4, 0.5) is 5.69 Å². The molecule has 0 radical (unpaired) electrons. The molecule has 1 aromatic carbocycles. The van der Waals surface area contributed by atoms with E-state index in [0.29, 0.717) is 17.4 Å². The first-order valence-electron chi connectivity index (χ1n) is 7.18. The van der Waals surface area contributed by atoms with Crippen LogP contribution < -0.4 is 10.1 Å². The molecule has 2 heterocycles. The van der Waals surface area contributed by atoms with E-state index in [9.17, 15) is 4.79 Å². The lowest BCUT2D eigenvalue weighted by atomic mass is 10.1. The maximum atomic E-state index is 12.0. The van der Waals surface area contributed by atoms with Crippen LogP contribution in [0.3, 0.4) is 0 Å². The summed E-state index contributed by atoms with van der Waals surface area (Å²) in [6.07, 6.45) is 0. The van der Waals surface area contributed by atoms with Crippen LogP contribution >= 0.6 is 11.3 Å². The molecule has 0 saturated carbocycles. The molecule has 0 unspecified atom stereocenters. The van der Waals surface area contributed by atoms with E-state index in [0.717, 1.165) is 16.9 Å². The van der Waals surface area contributed by atoms with Crippen LogP contribution in [0.2, 0.25) is 0 Å². The van der Waals surface area contributed by atoms with Crippen molar-refractivity contribution in [1.82, 2.24) is 10.2 Å². The number of anilines is 1. The van der Waals surface area contributed by atoms with E-state index in [1.54, 1.807) is 12.1 Å². The predicted molar refractivity (Wildman–Crippen MR) is 90.9 cm³/mol. The van der Waals surface area contributed by atoms with Gasteiger partial charge in [0.05, 0.1) is 17.2 Å². The van der Waals surface area contributed by atoms with Gasteiger partial charge in [-0.1, -0.05) is 18.2 Å². The van der Waals surface area contributed by atoms with Gasteiger partial charge >= 0.3 is 0 Å². The van der Waals surface area contributed by atoms with E-state index < -0.39 is 0 Å². The second kappa shape index (κ2) is 7.02. The number of benzene rings is 1. The molecule has 0 saturated heterocycles. The minimum atomic E-state index is -0.103. The van der Waals surface area contributed by atoms with E-state index in [2.05, 4.69) is 15.5 Å². The van der Waals surface area contributed by atoms with Crippen molar-refractivity contribution in [1.29, 1.82) is 0 Å². The molecule has 0 bridgehead atoms. The third kappa shape index (κ3) is 3.73. The lowest BCUT2D eigenvalue weighted by Gasteiger charge is -2.06. The monoisotopic (exact) mass is 325 g/mol. The molecule has 1 amide bonds. The van der Waals surface area contributed by atoms with Crippen molar-refractivity contribution >= 4 is 22.9 Å². The van der Waals surface area contributed by atoms with E-state index >= 15 is 0 Å². The van der Waals surface area contributed by atoms with Crippen LogP contribution in [0.25, 0.3) is 11.3 Å². The highest BCUT2D eigenvalue weighted by atomic mass is 32.1. The van der Waals surface area contributed by atoms with Crippen LogP contribution in [-0.2, 0) is 0 Å². The van der Waals surface area contributed by atoms with Crippen molar-refractivity contribution in [2.75, 3.05) is 11.9 Å². The van der Waals surface area contributed by atoms with Crippen molar-refractivity contribution in [3.8, 4) is 17.1 Å². The van der Waals surface area contributed by atoms with Gasteiger partial charge in [-0.05, 0) is 36.6 Å². The highest BCUT2D eigenvalue weighted by molar-refractivity contribution is 7.12. The number of ether oxygens (including phenoxy) is 1. The summed E-state index contributed by atoms with van der Waals surface area (Å²) < 4.78 is 5.27. The fraction of sp³-hybridized carbons (Fsp3) is 0.118. The zero-order valence-electron chi connectivity index (χ0n) is 12.5. The quantitative estimate of drug-likeness (QED) is 0.774. The Morgan fingerprint density at radius 3 is 2.57 bits per heavy atom. The summed E-state index contributed by atoms with van der Waals surface area (Å²) in [6, 6.07) is 14.8. The van der Waals surface area contributed by atoms with E-state index in [1.807, 2.05) is 48.7 Å². The molecule has 0 fully saturated rings. The average Bonchev–Trinajstić information content (AvgIpc) is 3.11. The summed E-state index contributed by atoms with van der Waals surface area (Å²) in [5.74, 6) is 0.407. The highest BCUT2D eigenvalue weighted by Crippen LogP contribution is 2.21. The Morgan fingerprint density at radius 2 is 1.96 bits per heavy atom. The van der Waals surface area contributed by atoms with Gasteiger partial charge in [0.2, 0.25) is 5.88 Å². The van der Waals surface area contributed by atoms with Gasteiger partial charge in [-0.2, -0.15) is 0 Å².